The molecule has 154 valence electrons. The Morgan fingerprint density at radius 1 is 1.10 bits per heavy atom. The van der Waals surface area contributed by atoms with Crippen LogP contribution in [0, 0.1) is 0 Å². The lowest BCUT2D eigenvalue weighted by atomic mass is 10.0. The van der Waals surface area contributed by atoms with Gasteiger partial charge in [-0.15, -0.1) is 0 Å². The second kappa shape index (κ2) is 8.16. The van der Waals surface area contributed by atoms with E-state index >= 15 is 0 Å². The van der Waals surface area contributed by atoms with Crippen molar-refractivity contribution in [3.05, 3.63) is 84.3 Å². The Balaban J connectivity index is 1.54. The maximum atomic E-state index is 12.5. The molecular formula is C22H21N3O4S. The zero-order chi connectivity index (χ0) is 21.1. The first-order valence-electron chi connectivity index (χ1n) is 9.59. The van der Waals surface area contributed by atoms with E-state index < -0.39 is 10.0 Å². The first kappa shape index (κ1) is 19.9. The molecule has 1 N–H and O–H groups in total. The quantitative estimate of drug-likeness (QED) is 0.644. The molecule has 0 saturated heterocycles. The summed E-state index contributed by atoms with van der Waals surface area (Å²) in [6.45, 7) is 1.79. The minimum absolute atomic E-state index is 0.0846. The van der Waals surface area contributed by atoms with Gasteiger partial charge in [0, 0.05) is 18.5 Å². The molecule has 0 fully saturated rings. The molecule has 0 spiro atoms. The van der Waals surface area contributed by atoms with Crippen LogP contribution in [-0.2, 0) is 14.8 Å². The van der Waals surface area contributed by atoms with Crippen LogP contribution in [0.25, 0.3) is 0 Å². The van der Waals surface area contributed by atoms with E-state index in [1.165, 1.54) is 17.1 Å². The van der Waals surface area contributed by atoms with E-state index in [1.807, 2.05) is 6.07 Å². The van der Waals surface area contributed by atoms with Crippen molar-refractivity contribution in [3.8, 4) is 0 Å². The van der Waals surface area contributed by atoms with Gasteiger partial charge in [0.1, 0.15) is 11.8 Å². The predicted octanol–water partition coefficient (Wildman–Crippen LogP) is 4.17. The highest BCUT2D eigenvalue weighted by Crippen LogP contribution is 2.33. The highest BCUT2D eigenvalue weighted by molar-refractivity contribution is 7.92. The van der Waals surface area contributed by atoms with Gasteiger partial charge in [0.15, 0.2) is 0 Å². The molecule has 0 bridgehead atoms. The van der Waals surface area contributed by atoms with Crippen LogP contribution in [0.2, 0.25) is 0 Å². The maximum absolute atomic E-state index is 12.5. The molecule has 30 heavy (non-hydrogen) atoms. The Hall–Kier alpha value is -3.39. The number of amides is 1. The summed E-state index contributed by atoms with van der Waals surface area (Å²) in [7, 11) is -3.65. The van der Waals surface area contributed by atoms with Crippen LogP contribution in [0.5, 0.6) is 0 Å². The number of rotatable bonds is 6. The van der Waals surface area contributed by atoms with Crippen molar-refractivity contribution < 1.29 is 17.6 Å². The average molecular weight is 423 g/mol. The fraction of sp³-hybridized carbons (Fsp3) is 0.182. The van der Waals surface area contributed by atoms with Gasteiger partial charge >= 0.3 is 0 Å². The van der Waals surface area contributed by atoms with Gasteiger partial charge < -0.3 is 4.42 Å². The van der Waals surface area contributed by atoms with E-state index in [4.69, 9.17) is 4.42 Å². The third-order valence-electron chi connectivity index (χ3n) is 4.86. The lowest BCUT2D eigenvalue weighted by molar-refractivity contribution is -0.133. The van der Waals surface area contributed by atoms with Crippen molar-refractivity contribution >= 4 is 27.3 Å². The maximum Gasteiger partial charge on any atom is 0.261 e. The number of hydrogen-bond donors (Lipinski definition) is 1. The second-order valence-corrected chi connectivity index (χ2v) is 8.55. The van der Waals surface area contributed by atoms with Gasteiger partial charge in [-0.3, -0.25) is 9.52 Å². The second-order valence-electron chi connectivity index (χ2n) is 6.87. The zero-order valence-corrected chi connectivity index (χ0v) is 17.2. The molecule has 1 amide bonds. The highest BCUT2D eigenvalue weighted by Gasteiger charge is 2.34. The molecule has 4 rings (SSSR count). The van der Waals surface area contributed by atoms with E-state index in [0.717, 1.165) is 11.3 Å². The van der Waals surface area contributed by atoms with Crippen LogP contribution >= 0.6 is 0 Å². The highest BCUT2D eigenvalue weighted by atomic mass is 32.2. The molecule has 1 aromatic heterocycles. The number of hydrogen-bond acceptors (Lipinski definition) is 5. The van der Waals surface area contributed by atoms with E-state index in [9.17, 15) is 13.2 Å². The summed E-state index contributed by atoms with van der Waals surface area (Å²) < 4.78 is 33.0. The number of anilines is 1. The van der Waals surface area contributed by atoms with Gasteiger partial charge in [0.05, 0.1) is 16.9 Å². The SMILES string of the molecule is CCC(=O)N1N=C(c2ccc(NS(=O)(=O)c3ccccc3)cc2)CC1c1ccco1. The summed E-state index contributed by atoms with van der Waals surface area (Å²) in [6.07, 6.45) is 2.44. The molecule has 0 aliphatic carbocycles. The molecular weight excluding hydrogens is 402 g/mol. The standard InChI is InChI=1S/C22H21N3O4S/c1-2-22(26)25-20(21-9-6-14-29-21)15-19(23-25)16-10-12-17(13-11-16)24-30(27,28)18-7-4-3-5-8-18/h3-14,20,24H,2,15H2,1H3. The van der Waals surface area contributed by atoms with Crippen molar-refractivity contribution in [3.63, 3.8) is 0 Å². The van der Waals surface area contributed by atoms with Gasteiger partial charge in [-0.2, -0.15) is 5.10 Å². The van der Waals surface area contributed by atoms with Crippen LogP contribution in [0.4, 0.5) is 5.69 Å². The molecule has 8 heteroatoms. The van der Waals surface area contributed by atoms with Gasteiger partial charge in [-0.25, -0.2) is 13.4 Å². The Kier molecular flexibility index (Phi) is 5.41. The monoisotopic (exact) mass is 423 g/mol. The van der Waals surface area contributed by atoms with Gasteiger partial charge in [0.25, 0.3) is 10.0 Å². The molecule has 2 aromatic carbocycles. The molecule has 1 unspecified atom stereocenters. The van der Waals surface area contributed by atoms with Crippen LogP contribution < -0.4 is 4.72 Å². The molecule has 1 aliphatic heterocycles. The summed E-state index contributed by atoms with van der Waals surface area (Å²) in [6, 6.07) is 18.5. The number of benzene rings is 2. The third-order valence-corrected chi connectivity index (χ3v) is 6.26. The van der Waals surface area contributed by atoms with Gasteiger partial charge in [-0.1, -0.05) is 37.3 Å². The van der Waals surface area contributed by atoms with E-state index in [2.05, 4.69) is 9.82 Å². The number of nitrogens with zero attached hydrogens (tertiary/aromatic N) is 2. The van der Waals surface area contributed by atoms with Crippen LogP contribution in [-0.4, -0.2) is 25.0 Å². The molecule has 0 saturated carbocycles. The predicted molar refractivity (Wildman–Crippen MR) is 113 cm³/mol. The summed E-state index contributed by atoms with van der Waals surface area (Å²) in [5.74, 6) is 0.599. The molecule has 3 aromatic rings. The Morgan fingerprint density at radius 3 is 2.47 bits per heavy atom. The fourth-order valence-corrected chi connectivity index (χ4v) is 4.40. The molecule has 0 radical (unpaired) electrons. The summed E-state index contributed by atoms with van der Waals surface area (Å²) in [4.78, 5) is 12.5. The van der Waals surface area contributed by atoms with Crippen molar-refractivity contribution in [1.29, 1.82) is 0 Å². The first-order valence-corrected chi connectivity index (χ1v) is 11.1. The van der Waals surface area contributed by atoms with Crippen LogP contribution in [0.1, 0.15) is 37.1 Å². The van der Waals surface area contributed by atoms with E-state index in [0.29, 0.717) is 24.3 Å². The lowest BCUT2D eigenvalue weighted by Gasteiger charge is -2.18. The number of carbonyl (C=O) groups excluding carboxylic acids is 1. The largest absolute Gasteiger partial charge is 0.467 e. The molecule has 1 atom stereocenters. The van der Waals surface area contributed by atoms with Crippen LogP contribution in [0.3, 0.4) is 0 Å². The average Bonchev–Trinajstić information content (AvgIpc) is 3.44. The zero-order valence-electron chi connectivity index (χ0n) is 16.4. The van der Waals surface area contributed by atoms with E-state index in [1.54, 1.807) is 61.7 Å². The Labute approximate surface area is 175 Å². The fourth-order valence-electron chi connectivity index (χ4n) is 3.32. The summed E-state index contributed by atoms with van der Waals surface area (Å²) in [5, 5.41) is 5.99. The first-order chi connectivity index (χ1) is 14.5. The molecule has 1 aliphatic rings. The molecule has 2 heterocycles. The van der Waals surface area contributed by atoms with Crippen molar-refractivity contribution in [1.82, 2.24) is 5.01 Å². The Morgan fingerprint density at radius 2 is 1.83 bits per heavy atom. The number of sulfonamides is 1. The lowest BCUT2D eigenvalue weighted by Crippen LogP contribution is -2.25. The van der Waals surface area contributed by atoms with Gasteiger partial charge in [0.2, 0.25) is 5.91 Å². The van der Waals surface area contributed by atoms with Crippen molar-refractivity contribution in [2.45, 2.75) is 30.7 Å². The minimum atomic E-state index is -3.65. The Bertz CT molecular complexity index is 1150. The minimum Gasteiger partial charge on any atom is -0.467 e. The normalized spacial score (nSPS) is 16.4. The topological polar surface area (TPSA) is 92.0 Å². The van der Waals surface area contributed by atoms with E-state index in [-0.39, 0.29) is 16.8 Å². The number of nitrogens with one attached hydrogen (secondary N) is 1. The van der Waals surface area contributed by atoms with Crippen molar-refractivity contribution in [2.75, 3.05) is 4.72 Å². The number of hydrazone groups is 1. The third kappa shape index (κ3) is 3.99. The van der Waals surface area contributed by atoms with Crippen molar-refractivity contribution in [2.24, 2.45) is 5.10 Å². The van der Waals surface area contributed by atoms with Gasteiger partial charge in [-0.05, 0) is 42.0 Å². The summed E-state index contributed by atoms with van der Waals surface area (Å²) in [5.41, 5.74) is 2.02. The number of carbonyl (C=O) groups is 1. The smallest absolute Gasteiger partial charge is 0.261 e. The molecule has 7 nitrogen and oxygen atoms in total. The summed E-state index contributed by atoms with van der Waals surface area (Å²) >= 11 is 0. The van der Waals surface area contributed by atoms with Crippen LogP contribution in [0.15, 0.2) is 87.4 Å². The number of furan rings is 1.